The molecule has 0 amide bonds. The number of aromatic amines is 1. The van der Waals surface area contributed by atoms with Gasteiger partial charge >= 0.3 is 0 Å². The van der Waals surface area contributed by atoms with E-state index >= 15 is 0 Å². The average Bonchev–Trinajstić information content (AvgIpc) is 2.84. The zero-order chi connectivity index (χ0) is 14.9. The molecule has 3 rings (SSSR count). The molecule has 0 aliphatic heterocycles. The molecular formula is C16H16N2O2S. The molecule has 3 aromatic rings. The highest BCUT2D eigenvalue weighted by Crippen LogP contribution is 2.19. The standard InChI is InChI=1S/C16H16N2O2S/c1-12-3-2-4-13(9-12)11-21(19,20)18-15-5-6-16-14(10-15)7-8-17-16/h2-10,17-18H,11H2,1H3. The molecule has 0 saturated heterocycles. The Bertz CT molecular complexity index is 882. The zero-order valence-corrected chi connectivity index (χ0v) is 12.4. The van der Waals surface area contributed by atoms with Crippen LogP contribution in [0.4, 0.5) is 5.69 Å². The predicted molar refractivity (Wildman–Crippen MR) is 85.7 cm³/mol. The molecule has 0 radical (unpaired) electrons. The fourth-order valence-corrected chi connectivity index (χ4v) is 3.53. The Morgan fingerprint density at radius 3 is 2.76 bits per heavy atom. The Morgan fingerprint density at radius 1 is 1.10 bits per heavy atom. The van der Waals surface area contributed by atoms with E-state index in [1.54, 1.807) is 6.07 Å². The van der Waals surface area contributed by atoms with Crippen molar-refractivity contribution < 1.29 is 8.42 Å². The van der Waals surface area contributed by atoms with E-state index in [1.165, 1.54) is 0 Å². The average molecular weight is 300 g/mol. The van der Waals surface area contributed by atoms with Crippen LogP contribution in [0.3, 0.4) is 0 Å². The van der Waals surface area contributed by atoms with Crippen LogP contribution in [-0.4, -0.2) is 13.4 Å². The van der Waals surface area contributed by atoms with E-state index in [2.05, 4.69) is 9.71 Å². The lowest BCUT2D eigenvalue weighted by Crippen LogP contribution is -2.15. The maximum atomic E-state index is 12.2. The maximum Gasteiger partial charge on any atom is 0.236 e. The summed E-state index contributed by atoms with van der Waals surface area (Å²) < 4.78 is 27.1. The molecular weight excluding hydrogens is 284 g/mol. The summed E-state index contributed by atoms with van der Waals surface area (Å²) in [5.41, 5.74) is 3.40. The van der Waals surface area contributed by atoms with E-state index in [0.29, 0.717) is 5.69 Å². The van der Waals surface area contributed by atoms with Gasteiger partial charge < -0.3 is 4.98 Å². The molecule has 4 nitrogen and oxygen atoms in total. The first-order valence-electron chi connectivity index (χ1n) is 6.65. The maximum absolute atomic E-state index is 12.2. The van der Waals surface area contributed by atoms with Crippen molar-refractivity contribution in [2.45, 2.75) is 12.7 Å². The highest BCUT2D eigenvalue weighted by molar-refractivity contribution is 7.91. The van der Waals surface area contributed by atoms with Crippen molar-refractivity contribution in [2.24, 2.45) is 0 Å². The number of H-pyrrole nitrogens is 1. The lowest BCUT2D eigenvalue weighted by atomic mass is 10.2. The molecule has 108 valence electrons. The number of hydrogen-bond donors (Lipinski definition) is 2. The van der Waals surface area contributed by atoms with E-state index < -0.39 is 10.0 Å². The number of sulfonamides is 1. The van der Waals surface area contributed by atoms with Crippen molar-refractivity contribution in [3.8, 4) is 0 Å². The third-order valence-corrected chi connectivity index (χ3v) is 4.53. The molecule has 0 spiro atoms. The quantitative estimate of drug-likeness (QED) is 0.775. The molecule has 1 heterocycles. The predicted octanol–water partition coefficient (Wildman–Crippen LogP) is 3.42. The fraction of sp³-hybridized carbons (Fsp3) is 0.125. The number of aryl methyl sites for hydroxylation is 1. The minimum absolute atomic E-state index is 0.0279. The normalized spacial score (nSPS) is 11.7. The first-order valence-corrected chi connectivity index (χ1v) is 8.30. The summed E-state index contributed by atoms with van der Waals surface area (Å²) in [5, 5.41) is 0.978. The number of nitrogens with one attached hydrogen (secondary N) is 2. The number of fused-ring (bicyclic) bond motifs is 1. The van der Waals surface area contributed by atoms with Gasteiger partial charge in [-0.3, -0.25) is 4.72 Å². The molecule has 0 atom stereocenters. The van der Waals surface area contributed by atoms with E-state index in [9.17, 15) is 8.42 Å². The third kappa shape index (κ3) is 3.25. The van der Waals surface area contributed by atoms with Gasteiger partial charge in [-0.15, -0.1) is 0 Å². The minimum atomic E-state index is -3.42. The Kier molecular flexibility index (Phi) is 3.43. The molecule has 0 fully saturated rings. The van der Waals surface area contributed by atoms with Crippen LogP contribution in [-0.2, 0) is 15.8 Å². The van der Waals surface area contributed by atoms with Gasteiger partial charge in [0.2, 0.25) is 10.0 Å². The lowest BCUT2D eigenvalue weighted by molar-refractivity contribution is 0.600. The Labute approximate surface area is 123 Å². The third-order valence-electron chi connectivity index (χ3n) is 3.27. The van der Waals surface area contributed by atoms with Crippen LogP contribution in [0.1, 0.15) is 11.1 Å². The molecule has 2 N–H and O–H groups in total. The van der Waals surface area contributed by atoms with E-state index in [0.717, 1.165) is 22.0 Å². The van der Waals surface area contributed by atoms with Crippen molar-refractivity contribution >= 4 is 26.6 Å². The summed E-state index contributed by atoms with van der Waals surface area (Å²) in [5.74, 6) is -0.0279. The molecule has 0 unspecified atom stereocenters. The van der Waals surface area contributed by atoms with Gasteiger partial charge in [-0.25, -0.2) is 8.42 Å². The first kappa shape index (κ1) is 13.7. The number of rotatable bonds is 4. The van der Waals surface area contributed by atoms with Crippen molar-refractivity contribution in [2.75, 3.05) is 4.72 Å². The Hall–Kier alpha value is -2.27. The molecule has 0 saturated carbocycles. The van der Waals surface area contributed by atoms with E-state index in [1.807, 2.05) is 55.6 Å². The largest absolute Gasteiger partial charge is 0.361 e. The molecule has 2 aromatic carbocycles. The Morgan fingerprint density at radius 2 is 1.95 bits per heavy atom. The van der Waals surface area contributed by atoms with Gasteiger partial charge in [-0.2, -0.15) is 0 Å². The summed E-state index contributed by atoms with van der Waals surface area (Å²) in [6, 6.07) is 14.9. The zero-order valence-electron chi connectivity index (χ0n) is 11.6. The van der Waals surface area contributed by atoms with Crippen molar-refractivity contribution in [1.82, 2.24) is 4.98 Å². The second kappa shape index (κ2) is 5.26. The van der Waals surface area contributed by atoms with Gasteiger partial charge in [0.1, 0.15) is 0 Å². The smallest absolute Gasteiger partial charge is 0.236 e. The first-order chi connectivity index (χ1) is 10.0. The number of aromatic nitrogens is 1. The monoisotopic (exact) mass is 300 g/mol. The summed E-state index contributed by atoms with van der Waals surface area (Å²) in [6.07, 6.45) is 1.83. The van der Waals surface area contributed by atoms with Crippen LogP contribution in [0.2, 0.25) is 0 Å². The second-order valence-electron chi connectivity index (χ2n) is 5.13. The van der Waals surface area contributed by atoms with Crippen LogP contribution < -0.4 is 4.72 Å². The van der Waals surface area contributed by atoms with Crippen molar-refractivity contribution in [3.05, 3.63) is 65.9 Å². The number of hydrogen-bond acceptors (Lipinski definition) is 2. The molecule has 0 aliphatic carbocycles. The SMILES string of the molecule is Cc1cccc(CS(=O)(=O)Nc2ccc3[nH]ccc3c2)c1. The minimum Gasteiger partial charge on any atom is -0.361 e. The van der Waals surface area contributed by atoms with Crippen LogP contribution in [0, 0.1) is 6.92 Å². The topological polar surface area (TPSA) is 62.0 Å². The fourth-order valence-electron chi connectivity index (χ4n) is 2.35. The van der Waals surface area contributed by atoms with Crippen molar-refractivity contribution in [1.29, 1.82) is 0 Å². The van der Waals surface area contributed by atoms with Gasteiger partial charge in [0.05, 0.1) is 5.75 Å². The van der Waals surface area contributed by atoms with Gasteiger partial charge in [0, 0.05) is 22.8 Å². The van der Waals surface area contributed by atoms with E-state index in [4.69, 9.17) is 0 Å². The molecule has 5 heteroatoms. The summed E-state index contributed by atoms with van der Waals surface area (Å²) in [7, 11) is -3.42. The lowest BCUT2D eigenvalue weighted by Gasteiger charge is -2.09. The van der Waals surface area contributed by atoms with Crippen LogP contribution in [0.5, 0.6) is 0 Å². The summed E-state index contributed by atoms with van der Waals surface area (Å²) in [6.45, 7) is 1.95. The second-order valence-corrected chi connectivity index (χ2v) is 6.85. The highest BCUT2D eigenvalue weighted by Gasteiger charge is 2.12. The Balaban J connectivity index is 1.82. The van der Waals surface area contributed by atoms with Gasteiger partial charge in [0.25, 0.3) is 0 Å². The highest BCUT2D eigenvalue weighted by atomic mass is 32.2. The molecule has 1 aromatic heterocycles. The van der Waals surface area contributed by atoms with Gasteiger partial charge in [-0.1, -0.05) is 29.8 Å². The number of anilines is 1. The van der Waals surface area contributed by atoms with Crippen LogP contribution >= 0.6 is 0 Å². The van der Waals surface area contributed by atoms with Crippen LogP contribution in [0.25, 0.3) is 10.9 Å². The van der Waals surface area contributed by atoms with Gasteiger partial charge in [-0.05, 0) is 36.8 Å². The van der Waals surface area contributed by atoms with Crippen molar-refractivity contribution in [3.63, 3.8) is 0 Å². The summed E-state index contributed by atoms with van der Waals surface area (Å²) in [4.78, 5) is 3.08. The number of benzene rings is 2. The summed E-state index contributed by atoms with van der Waals surface area (Å²) >= 11 is 0. The molecule has 21 heavy (non-hydrogen) atoms. The molecule has 0 aliphatic rings. The van der Waals surface area contributed by atoms with E-state index in [-0.39, 0.29) is 5.75 Å². The van der Waals surface area contributed by atoms with Gasteiger partial charge in [0.15, 0.2) is 0 Å². The van der Waals surface area contributed by atoms with Crippen LogP contribution in [0.15, 0.2) is 54.7 Å². The molecule has 0 bridgehead atoms.